The second-order valence-electron chi connectivity index (χ2n) is 5.58. The van der Waals surface area contributed by atoms with E-state index in [1.807, 2.05) is 30.3 Å². The van der Waals surface area contributed by atoms with E-state index in [0.29, 0.717) is 0 Å². The average Bonchev–Trinajstić information content (AvgIpc) is 3.40. The lowest BCUT2D eigenvalue weighted by Gasteiger charge is -2.29. The lowest BCUT2D eigenvalue weighted by Crippen LogP contribution is -2.42. The molecule has 2 aromatic rings. The fourth-order valence-electron chi connectivity index (χ4n) is 2.56. The van der Waals surface area contributed by atoms with E-state index in [4.69, 9.17) is 0 Å². The Labute approximate surface area is 130 Å². The molecule has 1 aliphatic rings. The van der Waals surface area contributed by atoms with Crippen LogP contribution in [0.3, 0.4) is 0 Å². The minimum absolute atomic E-state index is 0.0428. The smallest absolute Gasteiger partial charge is 0.242 e. The molecule has 2 N–H and O–H groups in total. The second kappa shape index (κ2) is 5.79. The molecule has 6 heteroatoms. The molecule has 1 heterocycles. The Balaban J connectivity index is 1.81. The molecule has 1 aromatic carbocycles. The van der Waals surface area contributed by atoms with Crippen molar-refractivity contribution in [3.8, 4) is 0 Å². The highest BCUT2D eigenvalue weighted by molar-refractivity contribution is 7.89. The molecule has 1 saturated carbocycles. The van der Waals surface area contributed by atoms with Gasteiger partial charge in [-0.25, -0.2) is 13.1 Å². The molecule has 3 rings (SSSR count). The molecule has 0 unspecified atom stereocenters. The quantitative estimate of drug-likeness (QED) is 0.849. The lowest BCUT2D eigenvalue weighted by molar-refractivity contribution is 0.0185. The van der Waals surface area contributed by atoms with Crippen LogP contribution >= 0.6 is 0 Å². The summed E-state index contributed by atoms with van der Waals surface area (Å²) in [5.41, 5.74) is -0.428. The number of rotatable bonds is 6. The first-order valence-corrected chi connectivity index (χ1v) is 8.68. The van der Waals surface area contributed by atoms with Crippen LogP contribution in [0, 0.1) is 5.92 Å². The Hall–Kier alpha value is -1.76. The van der Waals surface area contributed by atoms with Gasteiger partial charge in [-0.1, -0.05) is 30.3 Å². The Morgan fingerprint density at radius 2 is 1.91 bits per heavy atom. The third-order valence-corrected chi connectivity index (χ3v) is 5.39. The van der Waals surface area contributed by atoms with Crippen LogP contribution in [-0.2, 0) is 15.6 Å². The molecule has 1 aliphatic carbocycles. The largest absolute Gasteiger partial charge is 0.383 e. The molecule has 1 aromatic heterocycles. The minimum Gasteiger partial charge on any atom is -0.383 e. The summed E-state index contributed by atoms with van der Waals surface area (Å²) in [6.07, 6.45) is 4.62. The standard InChI is InChI=1S/C16H18N2O3S/c19-16(14-8-9-14,13-5-2-1-3-6-13)12-18-22(20,21)15-7-4-10-17-11-15/h1-7,10-11,14,18-19H,8-9,12H2/t16-/m1/s1. The van der Waals surface area contributed by atoms with Gasteiger partial charge >= 0.3 is 0 Å². The first kappa shape index (κ1) is 15.1. The molecule has 0 saturated heterocycles. The molecule has 1 atom stereocenters. The number of pyridine rings is 1. The number of aromatic nitrogens is 1. The van der Waals surface area contributed by atoms with Gasteiger partial charge in [0.25, 0.3) is 0 Å². The monoisotopic (exact) mass is 318 g/mol. The molecule has 0 radical (unpaired) electrons. The van der Waals surface area contributed by atoms with Crippen molar-refractivity contribution in [1.29, 1.82) is 0 Å². The normalized spacial score (nSPS) is 17.9. The molecule has 1 fully saturated rings. The van der Waals surface area contributed by atoms with Crippen molar-refractivity contribution in [2.75, 3.05) is 6.54 Å². The third-order valence-electron chi connectivity index (χ3n) is 4.00. The van der Waals surface area contributed by atoms with Crippen LogP contribution in [0.25, 0.3) is 0 Å². The van der Waals surface area contributed by atoms with Crippen LogP contribution in [0.1, 0.15) is 18.4 Å². The van der Waals surface area contributed by atoms with Gasteiger partial charge in [-0.3, -0.25) is 4.98 Å². The van der Waals surface area contributed by atoms with Gasteiger partial charge in [-0.15, -0.1) is 0 Å². The van der Waals surface area contributed by atoms with E-state index < -0.39 is 15.6 Å². The van der Waals surface area contributed by atoms with Gasteiger partial charge in [0, 0.05) is 18.9 Å². The van der Waals surface area contributed by atoms with E-state index >= 15 is 0 Å². The van der Waals surface area contributed by atoms with E-state index in [1.165, 1.54) is 18.5 Å². The minimum atomic E-state index is -3.68. The summed E-state index contributed by atoms with van der Waals surface area (Å²) >= 11 is 0. The molecule has 116 valence electrons. The highest BCUT2D eigenvalue weighted by Gasteiger charge is 2.45. The summed E-state index contributed by atoms with van der Waals surface area (Å²) in [5, 5.41) is 11.0. The maximum absolute atomic E-state index is 12.3. The molecule has 0 aliphatic heterocycles. The van der Waals surface area contributed by atoms with Crippen LogP contribution in [0.2, 0.25) is 0 Å². The third kappa shape index (κ3) is 3.04. The topological polar surface area (TPSA) is 79.3 Å². The predicted molar refractivity (Wildman–Crippen MR) is 82.5 cm³/mol. The molecule has 0 amide bonds. The molecule has 0 bridgehead atoms. The number of benzene rings is 1. The molecule has 5 nitrogen and oxygen atoms in total. The van der Waals surface area contributed by atoms with Crippen LogP contribution in [-0.4, -0.2) is 25.1 Å². The van der Waals surface area contributed by atoms with Gasteiger partial charge in [0.05, 0.1) is 0 Å². The van der Waals surface area contributed by atoms with Crippen molar-refractivity contribution in [2.24, 2.45) is 5.92 Å². The molecule has 22 heavy (non-hydrogen) atoms. The maximum atomic E-state index is 12.3. The zero-order valence-electron chi connectivity index (χ0n) is 12.0. The van der Waals surface area contributed by atoms with E-state index in [-0.39, 0.29) is 17.4 Å². The van der Waals surface area contributed by atoms with Gasteiger partial charge in [-0.05, 0) is 36.5 Å². The summed E-state index contributed by atoms with van der Waals surface area (Å²) in [4.78, 5) is 3.92. The van der Waals surface area contributed by atoms with Crippen LogP contribution in [0.4, 0.5) is 0 Å². The summed E-state index contributed by atoms with van der Waals surface area (Å²) in [6.45, 7) is -0.0428. The fraction of sp³-hybridized carbons (Fsp3) is 0.312. The number of hydrogen-bond donors (Lipinski definition) is 2. The summed E-state index contributed by atoms with van der Waals surface area (Å²) in [7, 11) is -3.68. The molecular formula is C16H18N2O3S. The number of nitrogens with zero attached hydrogens (tertiary/aromatic N) is 1. The predicted octanol–water partition coefficient (Wildman–Crippen LogP) is 1.66. The number of nitrogens with one attached hydrogen (secondary N) is 1. The Kier molecular flexibility index (Phi) is 3.99. The first-order valence-electron chi connectivity index (χ1n) is 7.20. The van der Waals surface area contributed by atoms with Crippen molar-refractivity contribution in [1.82, 2.24) is 9.71 Å². The summed E-state index contributed by atoms with van der Waals surface area (Å²) in [5.74, 6) is 0.0894. The van der Waals surface area contributed by atoms with Gasteiger partial charge in [-0.2, -0.15) is 0 Å². The van der Waals surface area contributed by atoms with Crippen molar-refractivity contribution >= 4 is 10.0 Å². The summed E-state index contributed by atoms with van der Waals surface area (Å²) < 4.78 is 27.1. The molecular weight excluding hydrogens is 300 g/mol. The highest BCUT2D eigenvalue weighted by atomic mass is 32.2. The number of hydrogen-bond acceptors (Lipinski definition) is 4. The van der Waals surface area contributed by atoms with Crippen molar-refractivity contribution in [2.45, 2.75) is 23.3 Å². The zero-order chi connectivity index (χ0) is 15.6. The van der Waals surface area contributed by atoms with Crippen molar-refractivity contribution in [3.05, 3.63) is 60.4 Å². The fourth-order valence-corrected chi connectivity index (χ4v) is 3.60. The maximum Gasteiger partial charge on any atom is 0.242 e. The van der Waals surface area contributed by atoms with Gasteiger partial charge in [0.15, 0.2) is 0 Å². The Morgan fingerprint density at radius 3 is 2.50 bits per heavy atom. The second-order valence-corrected chi connectivity index (χ2v) is 7.34. The summed E-state index contributed by atoms with van der Waals surface area (Å²) in [6, 6.07) is 12.3. The van der Waals surface area contributed by atoms with Crippen molar-refractivity contribution < 1.29 is 13.5 Å². The Bertz CT molecular complexity index is 731. The highest BCUT2D eigenvalue weighted by Crippen LogP contribution is 2.45. The van der Waals surface area contributed by atoms with Gasteiger partial charge in [0.2, 0.25) is 10.0 Å². The van der Waals surface area contributed by atoms with E-state index in [2.05, 4.69) is 9.71 Å². The van der Waals surface area contributed by atoms with E-state index in [9.17, 15) is 13.5 Å². The van der Waals surface area contributed by atoms with Crippen molar-refractivity contribution in [3.63, 3.8) is 0 Å². The average molecular weight is 318 g/mol. The lowest BCUT2D eigenvalue weighted by atomic mass is 9.89. The van der Waals surface area contributed by atoms with Gasteiger partial charge < -0.3 is 5.11 Å². The Morgan fingerprint density at radius 1 is 1.18 bits per heavy atom. The van der Waals surface area contributed by atoms with E-state index in [0.717, 1.165) is 18.4 Å². The zero-order valence-corrected chi connectivity index (χ0v) is 12.8. The van der Waals surface area contributed by atoms with Gasteiger partial charge in [0.1, 0.15) is 10.5 Å². The molecule has 0 spiro atoms. The van der Waals surface area contributed by atoms with Crippen LogP contribution < -0.4 is 4.72 Å². The number of aliphatic hydroxyl groups is 1. The van der Waals surface area contributed by atoms with Crippen LogP contribution in [0.5, 0.6) is 0 Å². The first-order chi connectivity index (χ1) is 10.5. The SMILES string of the molecule is O=S(=O)(NC[C@@](O)(c1ccccc1)C1CC1)c1cccnc1. The number of sulfonamides is 1. The van der Waals surface area contributed by atoms with E-state index in [1.54, 1.807) is 6.07 Å². The van der Waals surface area contributed by atoms with Crippen LogP contribution in [0.15, 0.2) is 59.8 Å².